The van der Waals surface area contributed by atoms with Gasteiger partial charge >= 0.3 is 0 Å². The second kappa shape index (κ2) is 7.26. The first-order chi connectivity index (χ1) is 10.5. The molecule has 0 bridgehead atoms. The maximum Gasteiger partial charge on any atom is 0.221 e. The van der Waals surface area contributed by atoms with Crippen molar-refractivity contribution in [2.75, 3.05) is 5.75 Å². The van der Waals surface area contributed by atoms with Gasteiger partial charge in [-0.15, -0.1) is 0 Å². The number of rotatable bonds is 7. The number of carbonyl (C=O) groups excluding carboxylic acids is 1. The van der Waals surface area contributed by atoms with E-state index in [4.69, 9.17) is 4.42 Å². The normalized spacial score (nSPS) is 12.8. The molecule has 0 spiro atoms. The number of amides is 1. The van der Waals surface area contributed by atoms with Gasteiger partial charge in [0, 0.05) is 12.5 Å². The van der Waals surface area contributed by atoms with Crippen LogP contribution in [0.5, 0.6) is 0 Å². The van der Waals surface area contributed by atoms with Crippen molar-refractivity contribution in [2.24, 2.45) is 0 Å². The largest absolute Gasteiger partial charge is 0.472 e. The molecule has 0 aliphatic heterocycles. The topological polar surface area (TPSA) is 76.4 Å². The highest BCUT2D eigenvalue weighted by Gasteiger charge is 2.17. The summed E-state index contributed by atoms with van der Waals surface area (Å²) in [6.07, 6.45) is 3.81. The summed E-state index contributed by atoms with van der Waals surface area (Å²) in [6.45, 7) is 1.87. The summed E-state index contributed by atoms with van der Waals surface area (Å²) in [4.78, 5) is 12.1. The maximum absolute atomic E-state index is 12.1. The van der Waals surface area contributed by atoms with E-state index < -0.39 is 9.84 Å². The lowest BCUT2D eigenvalue weighted by atomic mass is 10.1. The van der Waals surface area contributed by atoms with E-state index in [1.54, 1.807) is 30.7 Å². The molecule has 2 rings (SSSR count). The monoisotopic (exact) mass is 321 g/mol. The predicted molar refractivity (Wildman–Crippen MR) is 83.1 cm³/mol. The number of hydrogen-bond donors (Lipinski definition) is 1. The van der Waals surface area contributed by atoms with Crippen LogP contribution in [0.1, 0.15) is 18.9 Å². The van der Waals surface area contributed by atoms with Crippen molar-refractivity contribution in [3.8, 4) is 0 Å². The number of furan rings is 1. The Kier molecular flexibility index (Phi) is 5.38. The van der Waals surface area contributed by atoms with Crippen LogP contribution in [0.25, 0.3) is 0 Å². The number of benzene rings is 1. The molecule has 1 aromatic carbocycles. The summed E-state index contributed by atoms with van der Waals surface area (Å²) >= 11 is 0. The zero-order valence-electron chi connectivity index (χ0n) is 12.4. The third kappa shape index (κ3) is 4.73. The molecule has 1 N–H and O–H groups in total. The molecule has 0 aliphatic rings. The fraction of sp³-hybridized carbons (Fsp3) is 0.312. The first-order valence-electron chi connectivity index (χ1n) is 7.05. The van der Waals surface area contributed by atoms with E-state index in [0.29, 0.717) is 6.42 Å². The van der Waals surface area contributed by atoms with Crippen LogP contribution < -0.4 is 5.32 Å². The molecule has 1 aromatic heterocycles. The van der Waals surface area contributed by atoms with Crippen LogP contribution in [0.2, 0.25) is 0 Å². The Labute approximate surface area is 130 Å². The smallest absolute Gasteiger partial charge is 0.221 e. The standard InChI is InChI=1S/C16H19NO4S/c1-13(11-14-7-9-21-12-14)17-16(18)8-10-22(19,20)15-5-3-2-4-6-15/h2-7,9,12-13H,8,10-11H2,1H3,(H,17,18). The maximum atomic E-state index is 12.1. The summed E-state index contributed by atoms with van der Waals surface area (Å²) in [6, 6.07) is 9.92. The van der Waals surface area contributed by atoms with Gasteiger partial charge in [0.2, 0.25) is 5.91 Å². The van der Waals surface area contributed by atoms with Gasteiger partial charge in [-0.25, -0.2) is 8.42 Å². The van der Waals surface area contributed by atoms with Gasteiger partial charge in [-0.1, -0.05) is 18.2 Å². The summed E-state index contributed by atoms with van der Waals surface area (Å²) < 4.78 is 29.1. The van der Waals surface area contributed by atoms with Crippen LogP contribution in [0.3, 0.4) is 0 Å². The summed E-state index contributed by atoms with van der Waals surface area (Å²) in [5.41, 5.74) is 0.990. The van der Waals surface area contributed by atoms with Gasteiger partial charge < -0.3 is 9.73 Å². The van der Waals surface area contributed by atoms with Crippen molar-refractivity contribution in [1.82, 2.24) is 5.32 Å². The molecule has 1 heterocycles. The average molecular weight is 321 g/mol. The minimum absolute atomic E-state index is 0.0487. The molecule has 1 atom stereocenters. The molecule has 22 heavy (non-hydrogen) atoms. The Hall–Kier alpha value is -2.08. The number of nitrogens with one attached hydrogen (secondary N) is 1. The molecule has 0 fully saturated rings. The van der Waals surface area contributed by atoms with Crippen LogP contribution in [-0.4, -0.2) is 26.1 Å². The van der Waals surface area contributed by atoms with Gasteiger partial charge in [0.25, 0.3) is 0 Å². The fourth-order valence-electron chi connectivity index (χ4n) is 2.13. The van der Waals surface area contributed by atoms with Crippen molar-refractivity contribution >= 4 is 15.7 Å². The van der Waals surface area contributed by atoms with Crippen LogP contribution in [-0.2, 0) is 21.1 Å². The fourth-order valence-corrected chi connectivity index (χ4v) is 3.39. The molecule has 2 aromatic rings. The Morgan fingerprint density at radius 1 is 1.23 bits per heavy atom. The Morgan fingerprint density at radius 2 is 1.95 bits per heavy atom. The first kappa shape index (κ1) is 16.3. The Bertz CT molecular complexity index is 693. The third-order valence-electron chi connectivity index (χ3n) is 3.23. The number of hydrogen-bond acceptors (Lipinski definition) is 4. The zero-order valence-corrected chi connectivity index (χ0v) is 13.2. The van der Waals surface area contributed by atoms with Gasteiger partial charge in [0.05, 0.1) is 23.2 Å². The molecule has 118 valence electrons. The SMILES string of the molecule is CC(Cc1ccoc1)NC(=O)CCS(=O)(=O)c1ccccc1. The van der Waals surface area contributed by atoms with Gasteiger partial charge in [-0.2, -0.15) is 0 Å². The van der Waals surface area contributed by atoms with E-state index >= 15 is 0 Å². The minimum Gasteiger partial charge on any atom is -0.472 e. The Balaban J connectivity index is 1.82. The van der Waals surface area contributed by atoms with Gasteiger partial charge in [0.15, 0.2) is 9.84 Å². The van der Waals surface area contributed by atoms with Crippen LogP contribution in [0.15, 0.2) is 58.2 Å². The molecule has 5 nitrogen and oxygen atoms in total. The Morgan fingerprint density at radius 3 is 2.59 bits per heavy atom. The highest BCUT2D eigenvalue weighted by molar-refractivity contribution is 7.91. The van der Waals surface area contributed by atoms with Gasteiger partial charge in [-0.3, -0.25) is 4.79 Å². The van der Waals surface area contributed by atoms with Crippen molar-refractivity contribution in [1.29, 1.82) is 0 Å². The molecule has 1 amide bonds. The lowest BCUT2D eigenvalue weighted by Crippen LogP contribution is -2.34. The van der Waals surface area contributed by atoms with Crippen LogP contribution >= 0.6 is 0 Å². The van der Waals surface area contributed by atoms with E-state index in [0.717, 1.165) is 5.56 Å². The van der Waals surface area contributed by atoms with E-state index in [9.17, 15) is 13.2 Å². The van der Waals surface area contributed by atoms with E-state index in [2.05, 4.69) is 5.32 Å². The summed E-state index contributed by atoms with van der Waals surface area (Å²) in [5.74, 6) is -0.461. The van der Waals surface area contributed by atoms with Gasteiger partial charge in [0.1, 0.15) is 0 Å². The summed E-state index contributed by atoms with van der Waals surface area (Å²) in [5, 5.41) is 2.80. The molecule has 0 saturated heterocycles. The molecule has 0 aliphatic carbocycles. The third-order valence-corrected chi connectivity index (χ3v) is 4.96. The van der Waals surface area contributed by atoms with Crippen LogP contribution in [0, 0.1) is 0 Å². The molecular formula is C16H19NO4S. The molecule has 0 radical (unpaired) electrons. The average Bonchev–Trinajstić information content (AvgIpc) is 2.99. The van der Waals surface area contributed by atoms with Gasteiger partial charge in [-0.05, 0) is 37.1 Å². The second-order valence-electron chi connectivity index (χ2n) is 5.19. The number of sulfone groups is 1. The summed E-state index contributed by atoms with van der Waals surface area (Å²) in [7, 11) is -3.42. The molecule has 0 saturated carbocycles. The molecule has 1 unspecified atom stereocenters. The predicted octanol–water partition coefficient (Wildman–Crippen LogP) is 2.19. The lowest BCUT2D eigenvalue weighted by molar-refractivity contribution is -0.121. The first-order valence-corrected chi connectivity index (χ1v) is 8.71. The van der Waals surface area contributed by atoms with Crippen molar-refractivity contribution in [3.05, 3.63) is 54.5 Å². The zero-order chi connectivity index (χ0) is 16.0. The van der Waals surface area contributed by atoms with E-state index in [-0.39, 0.29) is 29.0 Å². The van der Waals surface area contributed by atoms with Crippen molar-refractivity contribution in [2.45, 2.75) is 30.7 Å². The molecule has 6 heteroatoms. The van der Waals surface area contributed by atoms with E-state index in [1.165, 1.54) is 12.1 Å². The van der Waals surface area contributed by atoms with Crippen LogP contribution in [0.4, 0.5) is 0 Å². The van der Waals surface area contributed by atoms with E-state index in [1.807, 2.05) is 13.0 Å². The highest BCUT2D eigenvalue weighted by atomic mass is 32.2. The van der Waals surface area contributed by atoms with Crippen molar-refractivity contribution < 1.29 is 17.6 Å². The number of carbonyl (C=O) groups is 1. The lowest BCUT2D eigenvalue weighted by Gasteiger charge is -2.13. The highest BCUT2D eigenvalue weighted by Crippen LogP contribution is 2.11. The molecular weight excluding hydrogens is 302 g/mol. The quantitative estimate of drug-likeness (QED) is 0.848. The second-order valence-corrected chi connectivity index (χ2v) is 7.30. The minimum atomic E-state index is -3.42. The van der Waals surface area contributed by atoms with Crippen molar-refractivity contribution in [3.63, 3.8) is 0 Å².